The van der Waals surface area contributed by atoms with E-state index in [0.29, 0.717) is 23.5 Å². The Bertz CT molecular complexity index is 728. The quantitative estimate of drug-likeness (QED) is 0.911. The molecule has 0 saturated carbocycles. The molecule has 1 aliphatic rings. The Morgan fingerprint density at radius 1 is 1.26 bits per heavy atom. The first-order valence-corrected chi connectivity index (χ1v) is 7.60. The van der Waals surface area contributed by atoms with Gasteiger partial charge in [0.05, 0.1) is 11.6 Å². The molecule has 0 bridgehead atoms. The number of amides is 2. The Morgan fingerprint density at radius 2 is 2.04 bits per heavy atom. The van der Waals surface area contributed by atoms with E-state index >= 15 is 0 Å². The summed E-state index contributed by atoms with van der Waals surface area (Å²) in [4.78, 5) is 23.9. The molecule has 0 aliphatic carbocycles. The van der Waals surface area contributed by atoms with Crippen LogP contribution in [0.2, 0.25) is 0 Å². The lowest BCUT2D eigenvalue weighted by Crippen LogP contribution is -2.25. The molecule has 0 spiro atoms. The van der Waals surface area contributed by atoms with Gasteiger partial charge >= 0.3 is 0 Å². The number of ether oxygens (including phenoxy) is 1. The van der Waals surface area contributed by atoms with Crippen molar-refractivity contribution in [2.24, 2.45) is 0 Å². The first-order chi connectivity index (χ1) is 11.2. The number of hydrogen-bond donors (Lipinski definition) is 2. The van der Waals surface area contributed by atoms with E-state index in [1.807, 2.05) is 37.3 Å². The van der Waals surface area contributed by atoms with Gasteiger partial charge in [-0.2, -0.15) is 0 Å². The molecular formula is C18H18N2O3. The summed E-state index contributed by atoms with van der Waals surface area (Å²) in [6.45, 7) is 2.00. The Labute approximate surface area is 134 Å². The molecule has 0 aromatic heterocycles. The van der Waals surface area contributed by atoms with Gasteiger partial charge in [0.15, 0.2) is 6.61 Å². The first-order valence-electron chi connectivity index (χ1n) is 7.60. The average Bonchev–Trinajstić information content (AvgIpc) is 2.56. The monoisotopic (exact) mass is 310 g/mol. The third-order valence-corrected chi connectivity index (χ3v) is 3.81. The van der Waals surface area contributed by atoms with Crippen LogP contribution in [0.4, 0.5) is 11.4 Å². The molecule has 1 heterocycles. The Morgan fingerprint density at radius 3 is 2.78 bits per heavy atom. The van der Waals surface area contributed by atoms with Crippen LogP contribution in [0, 0.1) is 0 Å². The van der Waals surface area contributed by atoms with Crippen LogP contribution in [-0.2, 0) is 9.59 Å². The van der Waals surface area contributed by atoms with E-state index in [1.54, 1.807) is 18.2 Å². The highest BCUT2D eigenvalue weighted by molar-refractivity contribution is 5.99. The third-order valence-electron chi connectivity index (χ3n) is 3.81. The fourth-order valence-corrected chi connectivity index (χ4v) is 2.65. The molecule has 2 aromatic carbocycles. The topological polar surface area (TPSA) is 67.4 Å². The second-order valence-corrected chi connectivity index (χ2v) is 5.41. The van der Waals surface area contributed by atoms with E-state index in [9.17, 15) is 9.59 Å². The van der Waals surface area contributed by atoms with Crippen molar-refractivity contribution in [3.8, 4) is 5.75 Å². The average molecular weight is 310 g/mol. The predicted molar refractivity (Wildman–Crippen MR) is 88.7 cm³/mol. The molecule has 0 saturated heterocycles. The van der Waals surface area contributed by atoms with Crippen LogP contribution in [0.1, 0.15) is 24.8 Å². The molecule has 3 rings (SSSR count). The second kappa shape index (κ2) is 6.52. The summed E-state index contributed by atoms with van der Waals surface area (Å²) >= 11 is 0. The summed E-state index contributed by atoms with van der Waals surface area (Å²) in [5, 5.41) is 5.64. The van der Waals surface area contributed by atoms with Gasteiger partial charge in [0, 0.05) is 5.69 Å². The fourth-order valence-electron chi connectivity index (χ4n) is 2.65. The van der Waals surface area contributed by atoms with Crippen molar-refractivity contribution in [1.29, 1.82) is 0 Å². The molecule has 2 aromatic rings. The van der Waals surface area contributed by atoms with Crippen molar-refractivity contribution in [1.82, 2.24) is 0 Å². The van der Waals surface area contributed by atoms with E-state index in [-0.39, 0.29) is 24.3 Å². The van der Waals surface area contributed by atoms with Crippen molar-refractivity contribution >= 4 is 23.2 Å². The third kappa shape index (κ3) is 3.34. The molecule has 0 fully saturated rings. The number of benzene rings is 2. The van der Waals surface area contributed by atoms with Gasteiger partial charge in [0.25, 0.3) is 5.91 Å². The van der Waals surface area contributed by atoms with Crippen molar-refractivity contribution in [2.45, 2.75) is 19.3 Å². The summed E-state index contributed by atoms with van der Waals surface area (Å²) in [5.74, 6) is 0.133. The Hall–Kier alpha value is -2.82. The van der Waals surface area contributed by atoms with Crippen LogP contribution >= 0.6 is 0 Å². The van der Waals surface area contributed by atoms with Gasteiger partial charge in [-0.15, -0.1) is 0 Å². The van der Waals surface area contributed by atoms with Crippen LogP contribution < -0.4 is 15.4 Å². The summed E-state index contributed by atoms with van der Waals surface area (Å²) in [6, 6.07) is 14.9. The zero-order valence-corrected chi connectivity index (χ0v) is 12.8. The minimum atomic E-state index is -0.210. The summed E-state index contributed by atoms with van der Waals surface area (Å²) in [7, 11) is 0. The molecule has 5 heteroatoms. The van der Waals surface area contributed by atoms with Gasteiger partial charge in [-0.1, -0.05) is 37.3 Å². The highest BCUT2D eigenvalue weighted by Gasteiger charge is 2.20. The number of anilines is 2. The maximum Gasteiger partial charge on any atom is 0.262 e. The summed E-state index contributed by atoms with van der Waals surface area (Å²) in [5.41, 5.74) is 2.20. The lowest BCUT2D eigenvalue weighted by atomic mass is 9.95. The van der Waals surface area contributed by atoms with Crippen LogP contribution in [0.3, 0.4) is 0 Å². The van der Waals surface area contributed by atoms with Crippen molar-refractivity contribution in [2.75, 3.05) is 17.2 Å². The minimum absolute atomic E-state index is 0.0185. The molecule has 118 valence electrons. The number of fused-ring (bicyclic) bond motifs is 1. The Balaban J connectivity index is 1.77. The second-order valence-electron chi connectivity index (χ2n) is 5.41. The lowest BCUT2D eigenvalue weighted by Gasteiger charge is -2.20. The van der Waals surface area contributed by atoms with Crippen molar-refractivity contribution in [3.05, 3.63) is 54.1 Å². The minimum Gasteiger partial charge on any atom is -0.482 e. The lowest BCUT2D eigenvalue weighted by molar-refractivity contribution is -0.119. The van der Waals surface area contributed by atoms with Crippen LogP contribution in [0.5, 0.6) is 5.75 Å². The van der Waals surface area contributed by atoms with Crippen LogP contribution in [0.15, 0.2) is 48.5 Å². The van der Waals surface area contributed by atoms with E-state index in [2.05, 4.69) is 10.6 Å². The number of carbonyl (C=O) groups is 2. The smallest absolute Gasteiger partial charge is 0.262 e. The van der Waals surface area contributed by atoms with Crippen molar-refractivity contribution < 1.29 is 14.3 Å². The normalized spacial score (nSPS) is 14.2. The number of hydrogen-bond acceptors (Lipinski definition) is 3. The summed E-state index contributed by atoms with van der Waals surface area (Å²) < 4.78 is 5.31. The highest BCUT2D eigenvalue weighted by atomic mass is 16.5. The molecule has 1 aliphatic heterocycles. The number of rotatable bonds is 4. The molecule has 2 N–H and O–H groups in total. The van der Waals surface area contributed by atoms with Gasteiger partial charge in [-0.05, 0) is 30.2 Å². The number of nitrogens with one attached hydrogen (secondary N) is 2. The molecule has 5 nitrogen and oxygen atoms in total. The standard InChI is InChI=1S/C18H18N2O3/c1-2-14(12-6-4-3-5-7-12)18(22)19-13-8-9-16-15(10-13)20-17(21)11-23-16/h3-10,14H,2,11H2,1H3,(H,19,22)(H,20,21). The van der Waals surface area contributed by atoms with Crippen LogP contribution in [-0.4, -0.2) is 18.4 Å². The first kappa shape index (κ1) is 15.1. The molecule has 0 radical (unpaired) electrons. The maximum atomic E-state index is 12.5. The zero-order chi connectivity index (χ0) is 16.2. The van der Waals surface area contributed by atoms with Gasteiger partial charge in [0.1, 0.15) is 5.75 Å². The molecule has 1 atom stereocenters. The van der Waals surface area contributed by atoms with E-state index in [4.69, 9.17) is 4.74 Å². The van der Waals surface area contributed by atoms with Gasteiger partial charge < -0.3 is 15.4 Å². The number of carbonyl (C=O) groups excluding carboxylic acids is 2. The molecule has 2 amide bonds. The van der Waals surface area contributed by atoms with E-state index in [0.717, 1.165) is 5.56 Å². The molecular weight excluding hydrogens is 292 g/mol. The summed E-state index contributed by atoms with van der Waals surface area (Å²) in [6.07, 6.45) is 0.709. The van der Waals surface area contributed by atoms with Gasteiger partial charge in [-0.25, -0.2) is 0 Å². The van der Waals surface area contributed by atoms with Crippen molar-refractivity contribution in [3.63, 3.8) is 0 Å². The zero-order valence-electron chi connectivity index (χ0n) is 12.8. The van der Waals surface area contributed by atoms with Gasteiger partial charge in [0.2, 0.25) is 5.91 Å². The van der Waals surface area contributed by atoms with Crippen LogP contribution in [0.25, 0.3) is 0 Å². The largest absolute Gasteiger partial charge is 0.482 e. The fraction of sp³-hybridized carbons (Fsp3) is 0.222. The highest BCUT2D eigenvalue weighted by Crippen LogP contribution is 2.31. The maximum absolute atomic E-state index is 12.5. The van der Waals surface area contributed by atoms with Gasteiger partial charge in [-0.3, -0.25) is 9.59 Å². The SMILES string of the molecule is CCC(C(=O)Nc1ccc2c(c1)NC(=O)CO2)c1ccccc1. The van der Waals surface area contributed by atoms with E-state index in [1.165, 1.54) is 0 Å². The Kier molecular flexibility index (Phi) is 4.28. The van der Waals surface area contributed by atoms with E-state index < -0.39 is 0 Å². The molecule has 1 unspecified atom stereocenters. The predicted octanol–water partition coefficient (Wildman–Crippen LogP) is 3.15. The molecule has 23 heavy (non-hydrogen) atoms.